The monoisotopic (exact) mass is 403 g/mol. The van der Waals surface area contributed by atoms with Gasteiger partial charge in [0.15, 0.2) is 5.96 Å². The zero-order valence-corrected chi connectivity index (χ0v) is 15.4. The Morgan fingerprint density at radius 2 is 2.04 bits per heavy atom. The lowest BCUT2D eigenvalue weighted by molar-refractivity contribution is -0.0494. The number of hydrogen-bond donors (Lipinski definition) is 2. The van der Waals surface area contributed by atoms with E-state index < -0.39 is 15.5 Å². The molecule has 11 heteroatoms. The Balaban J connectivity index is 1.87. The predicted molar refractivity (Wildman–Crippen MR) is 94.1 cm³/mol. The number of halogens is 3. The Labute approximate surface area is 155 Å². The van der Waals surface area contributed by atoms with Crippen LogP contribution in [0.4, 0.5) is 13.2 Å². The van der Waals surface area contributed by atoms with Crippen molar-refractivity contribution in [2.45, 2.75) is 30.9 Å². The average molecular weight is 403 g/mol. The van der Waals surface area contributed by atoms with Crippen molar-refractivity contribution in [3.63, 3.8) is 0 Å². The summed E-state index contributed by atoms with van der Waals surface area (Å²) in [5.74, 6) is 0.453. The van der Waals surface area contributed by atoms with Gasteiger partial charge in [-0.2, -0.15) is 22.7 Å². The summed E-state index contributed by atoms with van der Waals surface area (Å²) >= 11 is 0. The van der Waals surface area contributed by atoms with Crippen LogP contribution >= 0.6 is 0 Å². The third kappa shape index (κ3) is 5.33. The predicted octanol–water partition coefficient (Wildman–Crippen LogP) is 1.54. The Hall–Kier alpha value is -2.32. The van der Waals surface area contributed by atoms with Crippen molar-refractivity contribution in [3.05, 3.63) is 35.4 Å². The largest absolute Gasteiger partial charge is 0.511 e. The van der Waals surface area contributed by atoms with E-state index in [1.54, 1.807) is 25.2 Å². The summed E-state index contributed by atoms with van der Waals surface area (Å²) in [6.45, 7) is -0.00205. The number of piperidine rings is 1. The summed E-state index contributed by atoms with van der Waals surface area (Å²) < 4.78 is 61.1. The fraction of sp³-hybridized carbons (Fsp3) is 0.500. The number of nitriles is 1. The van der Waals surface area contributed by atoms with Crippen LogP contribution in [0, 0.1) is 11.3 Å². The number of nitrogens with one attached hydrogen (secondary N) is 2. The minimum Gasteiger partial charge on any atom is -0.354 e. The van der Waals surface area contributed by atoms with Crippen LogP contribution in [0.1, 0.15) is 24.0 Å². The second-order valence-electron chi connectivity index (χ2n) is 6.01. The molecule has 1 aromatic carbocycles. The van der Waals surface area contributed by atoms with E-state index in [9.17, 15) is 21.6 Å². The van der Waals surface area contributed by atoms with E-state index in [0.29, 0.717) is 22.4 Å². The molecule has 0 amide bonds. The van der Waals surface area contributed by atoms with Gasteiger partial charge in [-0.15, -0.1) is 0 Å². The highest BCUT2D eigenvalue weighted by molar-refractivity contribution is 7.90. The topological polar surface area (TPSA) is 97.6 Å². The number of benzene rings is 1. The van der Waals surface area contributed by atoms with Crippen molar-refractivity contribution in [1.29, 1.82) is 5.26 Å². The molecule has 1 saturated heterocycles. The molecule has 0 aliphatic carbocycles. The first-order valence-corrected chi connectivity index (χ1v) is 9.64. The molecule has 0 unspecified atom stereocenters. The van der Waals surface area contributed by atoms with Crippen LogP contribution in [-0.2, 0) is 16.6 Å². The van der Waals surface area contributed by atoms with Crippen LogP contribution in [0.2, 0.25) is 0 Å². The van der Waals surface area contributed by atoms with Crippen LogP contribution in [0.25, 0.3) is 0 Å². The van der Waals surface area contributed by atoms with Gasteiger partial charge in [-0.05, 0) is 30.5 Å². The third-order valence-electron chi connectivity index (χ3n) is 4.17. The Bertz CT molecular complexity index is 825. The maximum absolute atomic E-state index is 12.6. The van der Waals surface area contributed by atoms with Gasteiger partial charge in [-0.25, -0.2) is 8.42 Å². The van der Waals surface area contributed by atoms with E-state index >= 15 is 0 Å². The fourth-order valence-corrected chi connectivity index (χ4v) is 3.70. The highest BCUT2D eigenvalue weighted by Crippen LogP contribution is 2.28. The van der Waals surface area contributed by atoms with Gasteiger partial charge in [0, 0.05) is 32.7 Å². The lowest BCUT2D eigenvalue weighted by Crippen LogP contribution is -2.51. The number of guanidine groups is 1. The average Bonchev–Trinajstić information content (AvgIpc) is 2.64. The highest BCUT2D eigenvalue weighted by Gasteiger charge is 2.50. The van der Waals surface area contributed by atoms with E-state index in [0.717, 1.165) is 5.56 Å². The number of nitrogens with zero attached hydrogens (tertiary/aromatic N) is 3. The molecule has 0 spiro atoms. The summed E-state index contributed by atoms with van der Waals surface area (Å²) in [6, 6.07) is 8.91. The lowest BCUT2D eigenvalue weighted by atomic mass is 10.1. The molecule has 2 N–H and O–H groups in total. The fourth-order valence-electron chi connectivity index (χ4n) is 2.71. The first kappa shape index (κ1) is 21.0. The van der Waals surface area contributed by atoms with Gasteiger partial charge in [0.2, 0.25) is 0 Å². The van der Waals surface area contributed by atoms with E-state index in [1.165, 1.54) is 0 Å². The second kappa shape index (κ2) is 8.58. The molecule has 0 aromatic heterocycles. The number of aliphatic imine (C=N–C) groups is 1. The second-order valence-corrected chi connectivity index (χ2v) is 7.94. The van der Waals surface area contributed by atoms with Crippen LogP contribution in [-0.4, -0.2) is 50.4 Å². The first-order valence-electron chi connectivity index (χ1n) is 8.20. The van der Waals surface area contributed by atoms with Gasteiger partial charge in [-0.3, -0.25) is 4.99 Å². The van der Waals surface area contributed by atoms with Crippen molar-refractivity contribution in [1.82, 2.24) is 14.9 Å². The van der Waals surface area contributed by atoms with E-state index in [1.807, 2.05) is 6.07 Å². The molecule has 148 valence electrons. The van der Waals surface area contributed by atoms with E-state index in [4.69, 9.17) is 5.26 Å². The molecule has 7 nitrogen and oxygen atoms in total. The van der Waals surface area contributed by atoms with Gasteiger partial charge in [-0.1, -0.05) is 12.1 Å². The molecule has 0 atom stereocenters. The third-order valence-corrected chi connectivity index (χ3v) is 5.80. The SMILES string of the molecule is CN=C(NCc1cccc(C#N)c1)NC1CCN(S(=O)(=O)C(F)(F)F)CC1. The standard InChI is InChI=1S/C16H20F3N5O2S/c1-21-15(22-11-13-4-2-3-12(9-13)10-20)23-14-5-7-24(8-6-14)27(25,26)16(17,18)19/h2-4,9,14H,5-8,11H2,1H3,(H2,21,22,23). The van der Waals surface area contributed by atoms with Gasteiger partial charge >= 0.3 is 15.5 Å². The summed E-state index contributed by atoms with van der Waals surface area (Å²) in [6.07, 6.45) is 0.472. The van der Waals surface area contributed by atoms with Crippen molar-refractivity contribution in [2.75, 3.05) is 20.1 Å². The summed E-state index contributed by atoms with van der Waals surface area (Å²) in [7, 11) is -3.72. The maximum atomic E-state index is 12.6. The molecule has 0 saturated carbocycles. The van der Waals surface area contributed by atoms with Crippen LogP contribution < -0.4 is 10.6 Å². The summed E-state index contributed by atoms with van der Waals surface area (Å²) in [5, 5.41) is 15.1. The number of sulfonamides is 1. The zero-order valence-electron chi connectivity index (χ0n) is 14.6. The molecule has 1 aromatic rings. The zero-order chi connectivity index (χ0) is 20.1. The minimum atomic E-state index is -5.28. The van der Waals surface area contributed by atoms with Crippen LogP contribution in [0.3, 0.4) is 0 Å². The molecular formula is C16H20F3N5O2S. The van der Waals surface area contributed by atoms with Gasteiger partial charge in [0.25, 0.3) is 0 Å². The van der Waals surface area contributed by atoms with Crippen LogP contribution in [0.5, 0.6) is 0 Å². The quantitative estimate of drug-likeness (QED) is 0.587. The number of alkyl halides is 3. The molecule has 1 fully saturated rings. The molecule has 2 rings (SSSR count). The number of hydrogen-bond acceptors (Lipinski definition) is 4. The van der Waals surface area contributed by atoms with Gasteiger partial charge < -0.3 is 10.6 Å². The molecule has 1 aliphatic rings. The molecular weight excluding hydrogens is 383 g/mol. The van der Waals surface area contributed by atoms with E-state index in [-0.39, 0.29) is 32.0 Å². The summed E-state index contributed by atoms with van der Waals surface area (Å²) in [5.41, 5.74) is -3.86. The van der Waals surface area contributed by atoms with Crippen LogP contribution in [0.15, 0.2) is 29.3 Å². The summed E-state index contributed by atoms with van der Waals surface area (Å²) in [4.78, 5) is 4.06. The molecule has 1 heterocycles. The molecule has 0 bridgehead atoms. The highest BCUT2D eigenvalue weighted by atomic mass is 32.2. The van der Waals surface area contributed by atoms with Gasteiger partial charge in [0.05, 0.1) is 11.6 Å². The maximum Gasteiger partial charge on any atom is 0.511 e. The Morgan fingerprint density at radius 1 is 1.37 bits per heavy atom. The lowest BCUT2D eigenvalue weighted by Gasteiger charge is -2.32. The Morgan fingerprint density at radius 3 is 2.59 bits per heavy atom. The van der Waals surface area contributed by atoms with Crippen molar-refractivity contribution in [3.8, 4) is 6.07 Å². The molecule has 0 radical (unpaired) electrons. The van der Waals surface area contributed by atoms with Gasteiger partial charge in [0.1, 0.15) is 0 Å². The smallest absolute Gasteiger partial charge is 0.354 e. The number of rotatable bonds is 4. The van der Waals surface area contributed by atoms with Crippen molar-refractivity contribution < 1.29 is 21.6 Å². The van der Waals surface area contributed by atoms with Crippen molar-refractivity contribution in [2.24, 2.45) is 4.99 Å². The molecule has 27 heavy (non-hydrogen) atoms. The minimum absolute atomic E-state index is 0.193. The Kier molecular flexibility index (Phi) is 6.67. The van der Waals surface area contributed by atoms with E-state index in [2.05, 4.69) is 21.7 Å². The molecule has 1 aliphatic heterocycles. The first-order chi connectivity index (χ1) is 12.7. The normalized spacial score (nSPS) is 17.4. The van der Waals surface area contributed by atoms with Crippen molar-refractivity contribution >= 4 is 16.0 Å².